The number of hydrogen-bond acceptors (Lipinski definition) is 9. The molecule has 1 unspecified atom stereocenters. The number of rotatable bonds is 11. The maximum atomic E-state index is 12.1. The molecule has 1 atom stereocenters. The van der Waals surface area contributed by atoms with E-state index in [-0.39, 0.29) is 23.4 Å². The van der Waals surface area contributed by atoms with Crippen molar-refractivity contribution in [3.63, 3.8) is 0 Å². The van der Waals surface area contributed by atoms with Crippen LogP contribution in [-0.2, 0) is 16.0 Å². The molecular formula is C23H23N7O5. The van der Waals surface area contributed by atoms with Crippen LogP contribution < -0.4 is 10.6 Å². The maximum absolute atomic E-state index is 12.1. The van der Waals surface area contributed by atoms with Gasteiger partial charge in [-0.15, -0.1) is 10.2 Å². The van der Waals surface area contributed by atoms with E-state index in [0.29, 0.717) is 61.9 Å². The van der Waals surface area contributed by atoms with Gasteiger partial charge in [0.1, 0.15) is 0 Å². The topological polar surface area (TPSA) is 165 Å². The van der Waals surface area contributed by atoms with Gasteiger partial charge in [-0.2, -0.15) is 4.98 Å². The fraction of sp³-hybridized carbons (Fsp3) is 0.304. The number of nitro groups is 1. The quantitative estimate of drug-likeness (QED) is 0.283. The van der Waals surface area contributed by atoms with Gasteiger partial charge < -0.3 is 15.2 Å². The van der Waals surface area contributed by atoms with Gasteiger partial charge in [0.05, 0.1) is 10.8 Å². The summed E-state index contributed by atoms with van der Waals surface area (Å²) in [7, 11) is 0. The Morgan fingerprint density at radius 3 is 2.74 bits per heavy atom. The van der Waals surface area contributed by atoms with Crippen molar-refractivity contribution in [3.05, 3.63) is 76.0 Å². The highest BCUT2D eigenvalue weighted by atomic mass is 16.6. The Kier molecular flexibility index (Phi) is 7.50. The average Bonchev–Trinajstić information content (AvgIpc) is 3.34. The lowest BCUT2D eigenvalue weighted by Gasteiger charge is -2.20. The number of allylic oxidation sites excluding steroid dienone is 3. The van der Waals surface area contributed by atoms with E-state index in [2.05, 4.69) is 31.0 Å². The molecule has 2 aromatic rings. The molecule has 180 valence electrons. The SMILES string of the molecule is O=C(CCCc1nc(-c2ccc([N+](=O)[O-])cc2)no1)NCCCNC1=C2C=CC=CC2C(=O)N=N1. The minimum atomic E-state index is -0.474. The van der Waals surface area contributed by atoms with Gasteiger partial charge in [0.15, 0.2) is 5.82 Å². The average molecular weight is 477 g/mol. The van der Waals surface area contributed by atoms with Gasteiger partial charge in [0, 0.05) is 49.2 Å². The summed E-state index contributed by atoms with van der Waals surface area (Å²) in [5.74, 6) is 0.579. The Balaban J connectivity index is 1.13. The molecule has 1 aliphatic heterocycles. The van der Waals surface area contributed by atoms with Gasteiger partial charge in [-0.05, 0) is 25.0 Å². The Labute approximate surface area is 200 Å². The summed E-state index contributed by atoms with van der Waals surface area (Å²) in [6.07, 6.45) is 9.29. The van der Waals surface area contributed by atoms with Crippen molar-refractivity contribution < 1.29 is 19.0 Å². The number of aromatic nitrogens is 2. The van der Waals surface area contributed by atoms with Gasteiger partial charge in [-0.3, -0.25) is 19.7 Å². The highest BCUT2D eigenvalue weighted by molar-refractivity contribution is 5.86. The number of azo groups is 1. The summed E-state index contributed by atoms with van der Waals surface area (Å²) in [5.41, 5.74) is 1.40. The number of carbonyl (C=O) groups is 2. The van der Waals surface area contributed by atoms with E-state index in [1.54, 1.807) is 18.2 Å². The summed E-state index contributed by atoms with van der Waals surface area (Å²) >= 11 is 0. The van der Waals surface area contributed by atoms with E-state index in [1.807, 2.05) is 18.2 Å². The van der Waals surface area contributed by atoms with Crippen LogP contribution in [-0.4, -0.2) is 40.0 Å². The second-order valence-corrected chi connectivity index (χ2v) is 7.86. The van der Waals surface area contributed by atoms with Crippen LogP contribution in [0.2, 0.25) is 0 Å². The summed E-state index contributed by atoms with van der Waals surface area (Å²) in [5, 5.41) is 28.3. The monoisotopic (exact) mass is 477 g/mol. The molecule has 12 nitrogen and oxygen atoms in total. The molecule has 1 aromatic heterocycles. The van der Waals surface area contributed by atoms with Crippen molar-refractivity contribution in [2.75, 3.05) is 13.1 Å². The number of aryl methyl sites for hydroxylation is 1. The first kappa shape index (κ1) is 23.7. The van der Waals surface area contributed by atoms with Crippen molar-refractivity contribution in [1.82, 2.24) is 20.8 Å². The Bertz CT molecular complexity index is 1230. The van der Waals surface area contributed by atoms with Gasteiger partial charge in [-0.25, -0.2) is 0 Å². The zero-order valence-electron chi connectivity index (χ0n) is 18.7. The molecule has 0 saturated carbocycles. The Hall–Kier alpha value is -4.48. The van der Waals surface area contributed by atoms with Gasteiger partial charge in [-0.1, -0.05) is 29.5 Å². The van der Waals surface area contributed by atoms with E-state index >= 15 is 0 Å². The molecule has 0 fully saturated rings. The third-order valence-electron chi connectivity index (χ3n) is 5.38. The van der Waals surface area contributed by atoms with Crippen LogP contribution in [0.1, 0.15) is 25.2 Å². The van der Waals surface area contributed by atoms with Gasteiger partial charge in [0.25, 0.3) is 11.6 Å². The Morgan fingerprint density at radius 1 is 1.11 bits per heavy atom. The van der Waals surface area contributed by atoms with Crippen molar-refractivity contribution >= 4 is 17.5 Å². The normalized spacial score (nSPS) is 16.3. The number of carbonyl (C=O) groups excluding carboxylic acids is 2. The molecule has 4 rings (SSSR count). The number of fused-ring (bicyclic) bond motifs is 1. The van der Waals surface area contributed by atoms with Crippen LogP contribution in [0.3, 0.4) is 0 Å². The minimum Gasteiger partial charge on any atom is -0.368 e. The molecule has 35 heavy (non-hydrogen) atoms. The number of hydrogen-bond donors (Lipinski definition) is 2. The van der Waals surface area contributed by atoms with Gasteiger partial charge >= 0.3 is 0 Å². The number of nitro benzene ring substituents is 1. The lowest BCUT2D eigenvalue weighted by atomic mass is 9.93. The number of nitrogens with one attached hydrogen (secondary N) is 2. The third-order valence-corrected chi connectivity index (χ3v) is 5.38. The summed E-state index contributed by atoms with van der Waals surface area (Å²) < 4.78 is 5.21. The molecule has 0 saturated heterocycles. The standard InChI is InChI=1S/C23H23N7O5/c31-19(24-13-4-14-25-22-17-5-1-2-6-18(17)23(32)28-27-22)7-3-8-20-26-21(29-35-20)15-9-11-16(12-10-15)30(33)34/h1-2,5-6,9-12,18,25H,3-4,7-8,13-14H2,(H,24,31). The molecular weight excluding hydrogens is 454 g/mol. The second-order valence-electron chi connectivity index (χ2n) is 7.86. The fourth-order valence-electron chi connectivity index (χ4n) is 3.56. The first-order valence-corrected chi connectivity index (χ1v) is 11.1. The van der Waals surface area contributed by atoms with Crippen molar-refractivity contribution in [2.24, 2.45) is 16.1 Å². The molecule has 12 heteroatoms. The maximum Gasteiger partial charge on any atom is 0.276 e. The van der Waals surface area contributed by atoms with Crippen LogP contribution >= 0.6 is 0 Å². The first-order chi connectivity index (χ1) is 17.0. The molecule has 1 aliphatic carbocycles. The summed E-state index contributed by atoms with van der Waals surface area (Å²) in [4.78, 5) is 38.4. The molecule has 0 spiro atoms. The zero-order valence-corrected chi connectivity index (χ0v) is 18.7. The predicted octanol–water partition coefficient (Wildman–Crippen LogP) is 3.01. The van der Waals surface area contributed by atoms with Crippen LogP contribution in [0.25, 0.3) is 11.4 Å². The van der Waals surface area contributed by atoms with E-state index < -0.39 is 4.92 Å². The van der Waals surface area contributed by atoms with Crippen molar-refractivity contribution in [1.29, 1.82) is 0 Å². The third kappa shape index (κ3) is 6.10. The van der Waals surface area contributed by atoms with E-state index in [9.17, 15) is 19.7 Å². The van der Waals surface area contributed by atoms with Crippen LogP contribution in [0.5, 0.6) is 0 Å². The largest absolute Gasteiger partial charge is 0.368 e. The molecule has 2 N–H and O–H groups in total. The fourth-order valence-corrected chi connectivity index (χ4v) is 3.56. The summed E-state index contributed by atoms with van der Waals surface area (Å²) in [6, 6.07) is 5.88. The number of amides is 2. The zero-order chi connectivity index (χ0) is 24.6. The Morgan fingerprint density at radius 2 is 1.94 bits per heavy atom. The van der Waals surface area contributed by atoms with Gasteiger partial charge in [0.2, 0.25) is 17.6 Å². The first-order valence-electron chi connectivity index (χ1n) is 11.1. The predicted molar refractivity (Wildman–Crippen MR) is 124 cm³/mol. The van der Waals surface area contributed by atoms with E-state index in [4.69, 9.17) is 4.52 Å². The van der Waals surface area contributed by atoms with E-state index in [0.717, 1.165) is 5.57 Å². The van der Waals surface area contributed by atoms with Crippen molar-refractivity contribution in [3.8, 4) is 11.4 Å². The van der Waals surface area contributed by atoms with Crippen LogP contribution in [0.4, 0.5) is 5.69 Å². The number of nitrogens with zero attached hydrogens (tertiary/aromatic N) is 5. The molecule has 0 radical (unpaired) electrons. The summed E-state index contributed by atoms with van der Waals surface area (Å²) in [6.45, 7) is 1.07. The number of benzene rings is 1. The molecule has 2 heterocycles. The highest BCUT2D eigenvalue weighted by Gasteiger charge is 2.26. The molecule has 2 aliphatic rings. The molecule has 2 amide bonds. The molecule has 0 bridgehead atoms. The minimum absolute atomic E-state index is 0.0136. The van der Waals surface area contributed by atoms with E-state index in [1.165, 1.54) is 12.1 Å². The van der Waals surface area contributed by atoms with Crippen LogP contribution in [0.15, 0.2) is 74.7 Å². The lowest BCUT2D eigenvalue weighted by Crippen LogP contribution is -2.28. The second kappa shape index (κ2) is 11.1. The van der Waals surface area contributed by atoms with Crippen LogP contribution in [0, 0.1) is 16.0 Å². The molecule has 1 aromatic carbocycles. The number of non-ortho nitro benzene ring substituents is 1. The highest BCUT2D eigenvalue weighted by Crippen LogP contribution is 2.27. The van der Waals surface area contributed by atoms with Crippen molar-refractivity contribution in [2.45, 2.75) is 25.7 Å². The lowest BCUT2D eigenvalue weighted by molar-refractivity contribution is -0.384. The smallest absolute Gasteiger partial charge is 0.276 e.